The highest BCUT2D eigenvalue weighted by molar-refractivity contribution is 7.90. The molecule has 116 valence electrons. The minimum absolute atomic E-state index is 0.181. The van der Waals surface area contributed by atoms with Gasteiger partial charge in [-0.2, -0.15) is 0 Å². The first-order valence-electron chi connectivity index (χ1n) is 6.64. The zero-order valence-electron chi connectivity index (χ0n) is 12.2. The fourth-order valence-electron chi connectivity index (χ4n) is 1.97. The van der Waals surface area contributed by atoms with Crippen molar-refractivity contribution in [1.82, 2.24) is 5.32 Å². The Kier molecular flexibility index (Phi) is 4.88. The molecule has 0 radical (unpaired) electrons. The molecule has 1 atom stereocenters. The van der Waals surface area contributed by atoms with E-state index in [1.165, 1.54) is 24.3 Å². The predicted octanol–water partition coefficient (Wildman–Crippen LogP) is 3.23. The SMILES string of the molecule is CC(NC(=O)c1ccc(S(C)(=O)=O)cc1)c1ccc(Cl)cc1. The van der Waals surface area contributed by atoms with Crippen LogP contribution in [0.1, 0.15) is 28.9 Å². The second-order valence-corrected chi connectivity index (χ2v) is 7.50. The topological polar surface area (TPSA) is 63.2 Å². The van der Waals surface area contributed by atoms with E-state index >= 15 is 0 Å². The summed E-state index contributed by atoms with van der Waals surface area (Å²) in [6, 6.07) is 12.9. The van der Waals surface area contributed by atoms with Gasteiger partial charge in [0.05, 0.1) is 10.9 Å². The molecular formula is C16H16ClNO3S. The average molecular weight is 338 g/mol. The summed E-state index contributed by atoms with van der Waals surface area (Å²) in [5.74, 6) is -0.262. The van der Waals surface area contributed by atoms with E-state index in [4.69, 9.17) is 11.6 Å². The summed E-state index contributed by atoms with van der Waals surface area (Å²) in [6.45, 7) is 1.87. The van der Waals surface area contributed by atoms with Gasteiger partial charge < -0.3 is 5.32 Å². The van der Waals surface area contributed by atoms with E-state index in [0.717, 1.165) is 11.8 Å². The van der Waals surface area contributed by atoms with Gasteiger partial charge >= 0.3 is 0 Å². The third-order valence-corrected chi connectivity index (χ3v) is 4.64. The van der Waals surface area contributed by atoms with Crippen molar-refractivity contribution >= 4 is 27.3 Å². The van der Waals surface area contributed by atoms with Crippen LogP contribution >= 0.6 is 11.6 Å². The van der Waals surface area contributed by atoms with Gasteiger partial charge in [0.15, 0.2) is 9.84 Å². The number of nitrogens with one attached hydrogen (secondary N) is 1. The zero-order valence-corrected chi connectivity index (χ0v) is 13.8. The smallest absolute Gasteiger partial charge is 0.251 e. The van der Waals surface area contributed by atoms with Crippen LogP contribution in [-0.2, 0) is 9.84 Å². The summed E-state index contributed by atoms with van der Waals surface area (Å²) in [6.07, 6.45) is 1.13. The van der Waals surface area contributed by atoms with E-state index in [-0.39, 0.29) is 16.8 Å². The van der Waals surface area contributed by atoms with Crippen molar-refractivity contribution in [2.24, 2.45) is 0 Å². The number of amides is 1. The Balaban J connectivity index is 2.10. The maximum atomic E-state index is 12.2. The van der Waals surface area contributed by atoms with Crippen LogP contribution < -0.4 is 5.32 Å². The summed E-state index contributed by atoms with van der Waals surface area (Å²) in [5.41, 5.74) is 1.35. The predicted molar refractivity (Wildman–Crippen MR) is 86.9 cm³/mol. The van der Waals surface area contributed by atoms with Gasteiger partial charge in [-0.1, -0.05) is 23.7 Å². The fraction of sp³-hybridized carbons (Fsp3) is 0.188. The summed E-state index contributed by atoms with van der Waals surface area (Å²) in [7, 11) is -3.26. The van der Waals surface area contributed by atoms with Crippen LogP contribution in [0.5, 0.6) is 0 Å². The standard InChI is InChI=1S/C16H16ClNO3S/c1-11(12-3-7-14(17)8-4-12)18-16(19)13-5-9-15(10-6-13)22(2,20)21/h3-11H,1-2H3,(H,18,19). The number of carbonyl (C=O) groups is 1. The molecule has 2 rings (SSSR count). The van der Waals surface area contributed by atoms with Crippen LogP contribution in [0.15, 0.2) is 53.4 Å². The molecule has 0 saturated carbocycles. The van der Waals surface area contributed by atoms with Crippen molar-refractivity contribution in [3.63, 3.8) is 0 Å². The first-order chi connectivity index (χ1) is 10.3. The lowest BCUT2D eigenvalue weighted by atomic mass is 10.1. The molecule has 1 amide bonds. The van der Waals surface area contributed by atoms with Crippen LogP contribution in [-0.4, -0.2) is 20.6 Å². The van der Waals surface area contributed by atoms with Gasteiger partial charge in [0, 0.05) is 16.8 Å². The van der Waals surface area contributed by atoms with Crippen LogP contribution in [0.25, 0.3) is 0 Å². The molecule has 0 spiro atoms. The zero-order chi connectivity index (χ0) is 16.3. The highest BCUT2D eigenvalue weighted by atomic mass is 35.5. The Morgan fingerprint density at radius 1 is 1.05 bits per heavy atom. The first-order valence-corrected chi connectivity index (χ1v) is 8.91. The average Bonchev–Trinajstić information content (AvgIpc) is 2.47. The van der Waals surface area contributed by atoms with E-state index in [2.05, 4.69) is 5.32 Å². The number of carbonyl (C=O) groups excluding carboxylic acids is 1. The van der Waals surface area contributed by atoms with Crippen molar-refractivity contribution < 1.29 is 13.2 Å². The Labute approximate surface area is 135 Å². The lowest BCUT2D eigenvalue weighted by molar-refractivity contribution is 0.0940. The largest absolute Gasteiger partial charge is 0.346 e. The Morgan fingerprint density at radius 3 is 2.09 bits per heavy atom. The molecule has 6 heteroatoms. The van der Waals surface area contributed by atoms with Gasteiger partial charge in [0.1, 0.15) is 0 Å². The van der Waals surface area contributed by atoms with Gasteiger partial charge in [-0.15, -0.1) is 0 Å². The Hall–Kier alpha value is -1.85. The summed E-state index contributed by atoms with van der Waals surface area (Å²) >= 11 is 5.83. The maximum absolute atomic E-state index is 12.2. The number of rotatable bonds is 4. The molecule has 0 fully saturated rings. The van der Waals surface area contributed by atoms with Crippen molar-refractivity contribution in [2.75, 3.05) is 6.26 Å². The van der Waals surface area contributed by atoms with Crippen molar-refractivity contribution in [3.05, 3.63) is 64.7 Å². The van der Waals surface area contributed by atoms with Crippen LogP contribution in [0.2, 0.25) is 5.02 Å². The highest BCUT2D eigenvalue weighted by Gasteiger charge is 2.13. The molecule has 1 unspecified atom stereocenters. The Bertz CT molecular complexity index is 768. The minimum Gasteiger partial charge on any atom is -0.346 e. The second-order valence-electron chi connectivity index (χ2n) is 5.04. The number of sulfone groups is 1. The van der Waals surface area contributed by atoms with Gasteiger partial charge in [-0.25, -0.2) is 8.42 Å². The van der Waals surface area contributed by atoms with Crippen LogP contribution in [0, 0.1) is 0 Å². The van der Waals surface area contributed by atoms with Crippen LogP contribution in [0.4, 0.5) is 0 Å². The van der Waals surface area contributed by atoms with E-state index < -0.39 is 9.84 Å². The van der Waals surface area contributed by atoms with Crippen LogP contribution in [0.3, 0.4) is 0 Å². The second kappa shape index (κ2) is 6.50. The van der Waals surface area contributed by atoms with E-state index in [1.54, 1.807) is 12.1 Å². The van der Waals surface area contributed by atoms with E-state index in [0.29, 0.717) is 10.6 Å². The molecule has 0 aliphatic rings. The molecule has 1 N–H and O–H groups in total. The van der Waals surface area contributed by atoms with Gasteiger partial charge in [0.2, 0.25) is 0 Å². The lowest BCUT2D eigenvalue weighted by Gasteiger charge is -2.14. The Morgan fingerprint density at radius 2 is 1.59 bits per heavy atom. The van der Waals surface area contributed by atoms with Gasteiger partial charge in [-0.3, -0.25) is 4.79 Å². The molecule has 0 aromatic heterocycles. The van der Waals surface area contributed by atoms with Gasteiger partial charge in [0.25, 0.3) is 5.91 Å². The molecule has 4 nitrogen and oxygen atoms in total. The highest BCUT2D eigenvalue weighted by Crippen LogP contribution is 2.17. The third kappa shape index (κ3) is 4.08. The molecule has 0 saturated heterocycles. The monoisotopic (exact) mass is 337 g/mol. The minimum atomic E-state index is -3.26. The van der Waals surface area contributed by atoms with E-state index in [1.807, 2.05) is 19.1 Å². The number of benzene rings is 2. The molecule has 0 bridgehead atoms. The molecule has 22 heavy (non-hydrogen) atoms. The molecule has 2 aromatic rings. The molecule has 2 aromatic carbocycles. The maximum Gasteiger partial charge on any atom is 0.251 e. The number of halogens is 1. The van der Waals surface area contributed by atoms with Crippen molar-refractivity contribution in [1.29, 1.82) is 0 Å². The molecule has 0 aliphatic carbocycles. The lowest BCUT2D eigenvalue weighted by Crippen LogP contribution is -2.26. The summed E-state index contributed by atoms with van der Waals surface area (Å²) < 4.78 is 22.8. The number of hydrogen-bond donors (Lipinski definition) is 1. The first kappa shape index (κ1) is 16.5. The normalized spacial score (nSPS) is 12.7. The number of hydrogen-bond acceptors (Lipinski definition) is 3. The molecule has 0 heterocycles. The van der Waals surface area contributed by atoms with E-state index in [9.17, 15) is 13.2 Å². The fourth-order valence-corrected chi connectivity index (χ4v) is 2.72. The van der Waals surface area contributed by atoms with Crippen molar-refractivity contribution in [3.8, 4) is 0 Å². The summed E-state index contributed by atoms with van der Waals surface area (Å²) in [5, 5.41) is 3.50. The van der Waals surface area contributed by atoms with Gasteiger partial charge in [-0.05, 0) is 48.9 Å². The van der Waals surface area contributed by atoms with Crippen molar-refractivity contribution in [2.45, 2.75) is 17.9 Å². The third-order valence-electron chi connectivity index (χ3n) is 3.26. The summed E-state index contributed by atoms with van der Waals surface area (Å²) in [4.78, 5) is 12.4. The molecule has 0 aliphatic heterocycles. The quantitative estimate of drug-likeness (QED) is 0.931. The molecular weight excluding hydrogens is 322 g/mol.